The van der Waals surface area contributed by atoms with Crippen LogP contribution >= 0.6 is 0 Å². The molecule has 2 rings (SSSR count). The minimum absolute atomic E-state index is 0.193. The third kappa shape index (κ3) is 2.55. The van der Waals surface area contributed by atoms with Crippen molar-refractivity contribution in [3.8, 4) is 0 Å². The quantitative estimate of drug-likeness (QED) is 0.670. The number of carbonyl (C=O) groups excluding carboxylic acids is 4. The molecule has 0 heterocycles. The first kappa shape index (κ1) is 11.9. The third-order valence-corrected chi connectivity index (χ3v) is 2.40. The number of carbonyl (C=O) groups is 4. The molecule has 0 saturated carbocycles. The molecule has 0 aliphatic heterocycles. The topological polar surface area (TPSA) is 68.3 Å². The molecule has 2 aliphatic carbocycles. The normalized spacial score (nSPS) is 19.6. The van der Waals surface area contributed by atoms with E-state index in [4.69, 9.17) is 0 Å². The van der Waals surface area contributed by atoms with Crippen molar-refractivity contribution in [2.45, 2.75) is 0 Å². The first-order valence-electron chi connectivity index (χ1n) is 5.20. The van der Waals surface area contributed by atoms with Gasteiger partial charge in [-0.15, -0.1) is 0 Å². The van der Waals surface area contributed by atoms with Gasteiger partial charge >= 0.3 is 0 Å². The standard InChI is InChI=1S/C14H8O4/c15-11-3-5-13(17)9(7-11)1-2-10-8-12(16)4-6-14(10)18/h1-8H/b2-1+. The molecule has 0 fully saturated rings. The van der Waals surface area contributed by atoms with Crippen LogP contribution in [0.1, 0.15) is 0 Å². The SMILES string of the molecule is O=C1C=CC(=O)C(/C=C/C2=CC(=O)C=CC2=O)=C1. The maximum atomic E-state index is 11.4. The first-order valence-corrected chi connectivity index (χ1v) is 5.20. The Bertz CT molecular complexity index is 556. The van der Waals surface area contributed by atoms with Crippen molar-refractivity contribution in [2.24, 2.45) is 0 Å². The zero-order chi connectivity index (χ0) is 13.1. The van der Waals surface area contributed by atoms with Crippen molar-refractivity contribution in [3.05, 3.63) is 59.8 Å². The summed E-state index contributed by atoms with van der Waals surface area (Å²) in [6.07, 6.45) is 9.79. The van der Waals surface area contributed by atoms with Crippen molar-refractivity contribution in [2.75, 3.05) is 0 Å². The predicted molar refractivity (Wildman–Crippen MR) is 63.6 cm³/mol. The van der Waals surface area contributed by atoms with Crippen LogP contribution < -0.4 is 0 Å². The third-order valence-electron chi connectivity index (χ3n) is 2.40. The highest BCUT2D eigenvalue weighted by Crippen LogP contribution is 2.11. The van der Waals surface area contributed by atoms with Gasteiger partial charge in [-0.3, -0.25) is 19.2 Å². The fraction of sp³-hybridized carbons (Fsp3) is 0. The second kappa shape index (κ2) is 4.71. The molecule has 88 valence electrons. The average molecular weight is 240 g/mol. The van der Waals surface area contributed by atoms with E-state index in [0.717, 1.165) is 0 Å². The summed E-state index contributed by atoms with van der Waals surface area (Å²) in [5.41, 5.74) is 0.386. The minimum Gasteiger partial charge on any atom is -0.290 e. The minimum atomic E-state index is -0.309. The van der Waals surface area contributed by atoms with Gasteiger partial charge in [-0.05, 0) is 36.5 Å². The zero-order valence-electron chi connectivity index (χ0n) is 9.25. The summed E-state index contributed by atoms with van der Waals surface area (Å²) in [5, 5.41) is 0. The van der Waals surface area contributed by atoms with Gasteiger partial charge in [0.2, 0.25) is 0 Å². The molecule has 0 spiro atoms. The van der Waals surface area contributed by atoms with Crippen LogP contribution in [-0.4, -0.2) is 23.1 Å². The summed E-state index contributed by atoms with van der Waals surface area (Å²) in [4.78, 5) is 45.0. The smallest absolute Gasteiger partial charge is 0.186 e. The van der Waals surface area contributed by atoms with E-state index in [1.807, 2.05) is 0 Å². The van der Waals surface area contributed by atoms with Crippen LogP contribution in [0.2, 0.25) is 0 Å². The highest BCUT2D eigenvalue weighted by atomic mass is 16.1. The first-order chi connectivity index (χ1) is 8.56. The molecule has 0 aromatic carbocycles. The van der Waals surface area contributed by atoms with Crippen LogP contribution in [0.4, 0.5) is 0 Å². The summed E-state index contributed by atoms with van der Waals surface area (Å²) in [7, 11) is 0. The number of hydrogen-bond donors (Lipinski definition) is 0. The van der Waals surface area contributed by atoms with E-state index in [1.54, 1.807) is 0 Å². The predicted octanol–water partition coefficient (Wildman–Crippen LogP) is 0.811. The van der Waals surface area contributed by atoms with Crippen LogP contribution in [0.15, 0.2) is 59.8 Å². The van der Waals surface area contributed by atoms with Crippen molar-refractivity contribution in [1.29, 1.82) is 0 Å². The lowest BCUT2D eigenvalue weighted by molar-refractivity contribution is -0.114. The van der Waals surface area contributed by atoms with Crippen molar-refractivity contribution < 1.29 is 19.2 Å². The van der Waals surface area contributed by atoms with E-state index in [-0.39, 0.29) is 34.3 Å². The summed E-state index contributed by atoms with van der Waals surface area (Å²) < 4.78 is 0. The molecule has 0 bridgehead atoms. The Labute approximate surface area is 103 Å². The molecule has 0 atom stereocenters. The molecular weight excluding hydrogens is 232 g/mol. The number of rotatable bonds is 2. The second-order valence-corrected chi connectivity index (χ2v) is 3.73. The van der Waals surface area contributed by atoms with Crippen LogP contribution in [0.3, 0.4) is 0 Å². The maximum Gasteiger partial charge on any atom is 0.186 e. The molecule has 0 aromatic rings. The van der Waals surface area contributed by atoms with E-state index in [1.165, 1.54) is 48.6 Å². The molecule has 0 N–H and O–H groups in total. The van der Waals surface area contributed by atoms with Crippen LogP contribution in [0.5, 0.6) is 0 Å². The van der Waals surface area contributed by atoms with E-state index < -0.39 is 0 Å². The van der Waals surface area contributed by atoms with E-state index in [0.29, 0.717) is 0 Å². The van der Waals surface area contributed by atoms with Crippen molar-refractivity contribution in [3.63, 3.8) is 0 Å². The van der Waals surface area contributed by atoms with Gasteiger partial charge in [0.05, 0.1) is 0 Å². The van der Waals surface area contributed by atoms with Gasteiger partial charge in [-0.2, -0.15) is 0 Å². The van der Waals surface area contributed by atoms with Gasteiger partial charge in [0.25, 0.3) is 0 Å². The monoisotopic (exact) mass is 240 g/mol. The van der Waals surface area contributed by atoms with Gasteiger partial charge in [-0.1, -0.05) is 12.2 Å². The maximum absolute atomic E-state index is 11.4. The number of ketones is 4. The summed E-state index contributed by atoms with van der Waals surface area (Å²) in [6.45, 7) is 0. The van der Waals surface area contributed by atoms with Crippen LogP contribution in [0.25, 0.3) is 0 Å². The van der Waals surface area contributed by atoms with Gasteiger partial charge in [0, 0.05) is 11.1 Å². The largest absolute Gasteiger partial charge is 0.290 e. The van der Waals surface area contributed by atoms with Crippen molar-refractivity contribution in [1.82, 2.24) is 0 Å². The molecule has 0 aromatic heterocycles. The van der Waals surface area contributed by atoms with Crippen LogP contribution in [0, 0.1) is 0 Å². The Morgan fingerprint density at radius 2 is 1.00 bits per heavy atom. The Kier molecular flexibility index (Phi) is 3.10. The highest BCUT2D eigenvalue weighted by molar-refractivity contribution is 6.20. The van der Waals surface area contributed by atoms with Gasteiger partial charge in [-0.25, -0.2) is 0 Å². The zero-order valence-corrected chi connectivity index (χ0v) is 9.25. The summed E-state index contributed by atoms with van der Waals surface area (Å²) in [5.74, 6) is -1.18. The molecule has 2 aliphatic rings. The Morgan fingerprint density at radius 1 is 0.611 bits per heavy atom. The van der Waals surface area contributed by atoms with E-state index in [2.05, 4.69) is 0 Å². The van der Waals surface area contributed by atoms with Gasteiger partial charge < -0.3 is 0 Å². The van der Waals surface area contributed by atoms with Gasteiger partial charge in [0.15, 0.2) is 23.1 Å². The fourth-order valence-electron chi connectivity index (χ4n) is 1.49. The molecule has 4 heteroatoms. The Hall–Kier alpha value is -2.62. The van der Waals surface area contributed by atoms with Gasteiger partial charge in [0.1, 0.15) is 0 Å². The lowest BCUT2D eigenvalue weighted by atomic mass is 9.99. The van der Waals surface area contributed by atoms with E-state index >= 15 is 0 Å². The molecule has 4 nitrogen and oxygen atoms in total. The average Bonchev–Trinajstić information content (AvgIpc) is 2.34. The molecule has 18 heavy (non-hydrogen) atoms. The Morgan fingerprint density at radius 3 is 1.39 bits per heavy atom. The fourth-order valence-corrected chi connectivity index (χ4v) is 1.49. The highest BCUT2D eigenvalue weighted by Gasteiger charge is 2.13. The lowest BCUT2D eigenvalue weighted by Gasteiger charge is -2.03. The molecule has 0 amide bonds. The number of allylic oxidation sites excluding steroid dienone is 10. The molecule has 0 radical (unpaired) electrons. The Balaban J connectivity index is 2.22. The molecule has 0 unspecified atom stereocenters. The van der Waals surface area contributed by atoms with E-state index in [9.17, 15) is 19.2 Å². The van der Waals surface area contributed by atoms with Crippen LogP contribution in [-0.2, 0) is 19.2 Å². The molecular formula is C14H8O4. The second-order valence-electron chi connectivity index (χ2n) is 3.73. The summed E-state index contributed by atoms with van der Waals surface area (Å²) >= 11 is 0. The van der Waals surface area contributed by atoms with Crippen molar-refractivity contribution >= 4 is 23.1 Å². The lowest BCUT2D eigenvalue weighted by Crippen LogP contribution is -2.07. The number of hydrogen-bond acceptors (Lipinski definition) is 4. The molecule has 0 saturated heterocycles. The summed E-state index contributed by atoms with van der Waals surface area (Å²) in [6, 6.07) is 0.